The van der Waals surface area contributed by atoms with Gasteiger partial charge in [0.25, 0.3) is 5.91 Å². The normalized spacial score (nSPS) is 13.0. The van der Waals surface area contributed by atoms with Crippen molar-refractivity contribution in [3.8, 4) is 0 Å². The molecule has 1 fully saturated rings. The Morgan fingerprint density at radius 2 is 1.58 bits per heavy atom. The molecular formula is C19H18ClN3O3. The van der Waals surface area contributed by atoms with Gasteiger partial charge in [0.05, 0.1) is 6.42 Å². The smallest absolute Gasteiger partial charge is 0.269 e. The van der Waals surface area contributed by atoms with Crippen LogP contribution in [0.5, 0.6) is 0 Å². The second-order valence-electron chi connectivity index (χ2n) is 6.15. The minimum atomic E-state index is -0.436. The van der Waals surface area contributed by atoms with Crippen LogP contribution >= 0.6 is 11.6 Å². The second-order valence-corrected chi connectivity index (χ2v) is 6.58. The summed E-state index contributed by atoms with van der Waals surface area (Å²) in [6.07, 6.45) is 1.99. The predicted molar refractivity (Wildman–Crippen MR) is 98.6 cm³/mol. The van der Waals surface area contributed by atoms with Crippen molar-refractivity contribution in [2.75, 3.05) is 5.32 Å². The van der Waals surface area contributed by atoms with Crippen LogP contribution in [0.25, 0.3) is 0 Å². The van der Waals surface area contributed by atoms with Gasteiger partial charge in [0.15, 0.2) is 0 Å². The quantitative estimate of drug-likeness (QED) is 0.706. The van der Waals surface area contributed by atoms with Gasteiger partial charge in [0, 0.05) is 22.2 Å². The largest absolute Gasteiger partial charge is 0.326 e. The summed E-state index contributed by atoms with van der Waals surface area (Å²) in [6.45, 7) is 0. The molecule has 0 saturated heterocycles. The highest BCUT2D eigenvalue weighted by atomic mass is 35.5. The summed E-state index contributed by atoms with van der Waals surface area (Å²) in [6, 6.07) is 13.4. The molecule has 26 heavy (non-hydrogen) atoms. The van der Waals surface area contributed by atoms with E-state index in [-0.39, 0.29) is 24.2 Å². The maximum atomic E-state index is 12.1. The molecule has 0 heterocycles. The van der Waals surface area contributed by atoms with Gasteiger partial charge in [-0.15, -0.1) is 0 Å². The van der Waals surface area contributed by atoms with Crippen LogP contribution in [0.15, 0.2) is 48.5 Å². The molecule has 2 aromatic carbocycles. The Hall–Kier alpha value is -2.86. The predicted octanol–water partition coefficient (Wildman–Crippen LogP) is 2.69. The Balaban J connectivity index is 1.47. The van der Waals surface area contributed by atoms with Gasteiger partial charge in [-0.25, -0.2) is 0 Å². The Morgan fingerprint density at radius 3 is 2.19 bits per heavy atom. The van der Waals surface area contributed by atoms with Gasteiger partial charge in [-0.3, -0.25) is 25.2 Å². The fourth-order valence-electron chi connectivity index (χ4n) is 2.33. The number of hydrogen-bond donors (Lipinski definition) is 3. The first-order chi connectivity index (χ1) is 12.5. The van der Waals surface area contributed by atoms with E-state index in [1.54, 1.807) is 48.5 Å². The van der Waals surface area contributed by atoms with Crippen LogP contribution in [0.4, 0.5) is 5.69 Å². The lowest BCUT2D eigenvalue weighted by Crippen LogP contribution is -2.42. The van der Waals surface area contributed by atoms with Gasteiger partial charge in [-0.05, 0) is 54.8 Å². The molecule has 3 amide bonds. The minimum Gasteiger partial charge on any atom is -0.326 e. The second kappa shape index (κ2) is 8.01. The van der Waals surface area contributed by atoms with Gasteiger partial charge >= 0.3 is 0 Å². The van der Waals surface area contributed by atoms with E-state index in [0.29, 0.717) is 16.3 Å². The van der Waals surface area contributed by atoms with Gasteiger partial charge < -0.3 is 5.32 Å². The van der Waals surface area contributed by atoms with Crippen molar-refractivity contribution in [2.45, 2.75) is 19.3 Å². The monoisotopic (exact) mass is 371 g/mol. The summed E-state index contributed by atoms with van der Waals surface area (Å²) in [5, 5.41) is 3.40. The van der Waals surface area contributed by atoms with Crippen LogP contribution in [0.3, 0.4) is 0 Å². The molecule has 0 spiro atoms. The molecule has 1 aliphatic rings. The van der Waals surface area contributed by atoms with Crippen LogP contribution < -0.4 is 16.2 Å². The van der Waals surface area contributed by atoms with E-state index in [0.717, 1.165) is 18.4 Å². The number of amides is 3. The zero-order chi connectivity index (χ0) is 18.5. The third-order valence-corrected chi connectivity index (χ3v) is 4.21. The first kappa shape index (κ1) is 17.9. The molecule has 0 radical (unpaired) electrons. The molecule has 0 atom stereocenters. The first-order valence-corrected chi connectivity index (χ1v) is 8.63. The van der Waals surface area contributed by atoms with E-state index in [4.69, 9.17) is 11.6 Å². The summed E-state index contributed by atoms with van der Waals surface area (Å²) in [5.41, 5.74) is 6.55. The number of hydrogen-bond acceptors (Lipinski definition) is 3. The number of rotatable bonds is 5. The lowest BCUT2D eigenvalue weighted by Gasteiger charge is -2.09. The fraction of sp³-hybridized carbons (Fsp3) is 0.211. The summed E-state index contributed by atoms with van der Waals surface area (Å²) >= 11 is 5.80. The molecular weight excluding hydrogens is 354 g/mol. The number of anilines is 1. The van der Waals surface area contributed by atoms with E-state index in [9.17, 15) is 14.4 Å². The van der Waals surface area contributed by atoms with E-state index in [1.165, 1.54) is 0 Å². The van der Waals surface area contributed by atoms with Crippen molar-refractivity contribution in [1.29, 1.82) is 0 Å². The average Bonchev–Trinajstić information content (AvgIpc) is 3.47. The first-order valence-electron chi connectivity index (χ1n) is 8.26. The summed E-state index contributed by atoms with van der Waals surface area (Å²) < 4.78 is 0. The van der Waals surface area contributed by atoms with E-state index < -0.39 is 5.91 Å². The maximum absolute atomic E-state index is 12.1. The van der Waals surface area contributed by atoms with Crippen molar-refractivity contribution in [3.05, 3.63) is 64.7 Å². The topological polar surface area (TPSA) is 87.3 Å². The molecule has 3 rings (SSSR count). The Morgan fingerprint density at radius 1 is 0.923 bits per heavy atom. The van der Waals surface area contributed by atoms with Crippen LogP contribution in [-0.2, 0) is 16.0 Å². The number of benzene rings is 2. The molecule has 0 unspecified atom stereocenters. The zero-order valence-corrected chi connectivity index (χ0v) is 14.7. The van der Waals surface area contributed by atoms with Crippen molar-refractivity contribution < 1.29 is 14.4 Å². The number of carbonyl (C=O) groups is 3. The van der Waals surface area contributed by atoms with Gasteiger partial charge in [-0.1, -0.05) is 23.7 Å². The van der Waals surface area contributed by atoms with Gasteiger partial charge in [0.2, 0.25) is 11.8 Å². The van der Waals surface area contributed by atoms with Crippen LogP contribution in [0, 0.1) is 5.92 Å². The third kappa shape index (κ3) is 5.07. The number of carbonyl (C=O) groups excluding carboxylic acids is 3. The molecule has 6 nitrogen and oxygen atoms in total. The lowest BCUT2D eigenvalue weighted by atomic mass is 10.1. The highest BCUT2D eigenvalue weighted by Gasteiger charge is 2.29. The van der Waals surface area contributed by atoms with Crippen LogP contribution in [0.1, 0.15) is 28.8 Å². The van der Waals surface area contributed by atoms with Crippen LogP contribution in [0.2, 0.25) is 5.02 Å². The standard InChI is InChI=1S/C19H18ClN3O3/c20-15-7-1-12(2-8-15)11-17(24)22-23-19(26)14-5-9-16(10-6-14)21-18(25)13-3-4-13/h1-2,5-10,13H,3-4,11H2,(H,21,25)(H,22,24)(H,23,26). The van der Waals surface area contributed by atoms with E-state index in [2.05, 4.69) is 16.2 Å². The third-order valence-electron chi connectivity index (χ3n) is 3.96. The summed E-state index contributed by atoms with van der Waals surface area (Å²) in [4.78, 5) is 35.6. The van der Waals surface area contributed by atoms with Crippen LogP contribution in [-0.4, -0.2) is 17.7 Å². The van der Waals surface area contributed by atoms with E-state index in [1.807, 2.05) is 0 Å². The molecule has 3 N–H and O–H groups in total. The number of nitrogens with one attached hydrogen (secondary N) is 3. The summed E-state index contributed by atoms with van der Waals surface area (Å²) in [7, 11) is 0. The van der Waals surface area contributed by atoms with E-state index >= 15 is 0 Å². The molecule has 134 valence electrons. The maximum Gasteiger partial charge on any atom is 0.269 e. The minimum absolute atomic E-state index is 0.0108. The van der Waals surface area contributed by atoms with Crippen molar-refractivity contribution in [2.24, 2.45) is 5.92 Å². The summed E-state index contributed by atoms with van der Waals surface area (Å²) in [5.74, 6) is -0.644. The van der Waals surface area contributed by atoms with Gasteiger partial charge in [0.1, 0.15) is 0 Å². The molecule has 0 bridgehead atoms. The lowest BCUT2D eigenvalue weighted by molar-refractivity contribution is -0.121. The molecule has 1 aliphatic carbocycles. The molecule has 2 aromatic rings. The number of hydrazine groups is 1. The Labute approximate surface area is 155 Å². The molecule has 0 aliphatic heterocycles. The van der Waals surface area contributed by atoms with Crippen molar-refractivity contribution in [3.63, 3.8) is 0 Å². The van der Waals surface area contributed by atoms with Crippen molar-refractivity contribution >= 4 is 35.0 Å². The average molecular weight is 372 g/mol. The molecule has 7 heteroatoms. The Kier molecular flexibility index (Phi) is 5.53. The van der Waals surface area contributed by atoms with Gasteiger partial charge in [-0.2, -0.15) is 0 Å². The number of halogens is 1. The SMILES string of the molecule is O=C(Cc1ccc(Cl)cc1)NNC(=O)c1ccc(NC(=O)C2CC2)cc1. The molecule has 1 saturated carbocycles. The fourth-order valence-corrected chi connectivity index (χ4v) is 2.45. The van der Waals surface area contributed by atoms with Crippen molar-refractivity contribution in [1.82, 2.24) is 10.9 Å². The molecule has 0 aromatic heterocycles. The zero-order valence-electron chi connectivity index (χ0n) is 13.9. The highest BCUT2D eigenvalue weighted by Crippen LogP contribution is 2.30. The highest BCUT2D eigenvalue weighted by molar-refractivity contribution is 6.30. The Bertz CT molecular complexity index is 815.